The van der Waals surface area contributed by atoms with Gasteiger partial charge in [0, 0.05) is 37.4 Å². The van der Waals surface area contributed by atoms with Crippen LogP contribution in [-0.4, -0.2) is 34.0 Å². The average molecular weight is 386 g/mol. The first-order chi connectivity index (χ1) is 14.3. The maximum absolute atomic E-state index is 8.89. The molecule has 5 heteroatoms. The summed E-state index contributed by atoms with van der Waals surface area (Å²) in [5, 5.41) is 12.6. The molecule has 2 aromatic carbocycles. The Balaban J connectivity index is 1.21. The van der Waals surface area contributed by atoms with Crippen molar-refractivity contribution in [1.29, 1.82) is 5.26 Å². The van der Waals surface area contributed by atoms with Gasteiger partial charge in [-0.1, -0.05) is 42.5 Å². The summed E-state index contributed by atoms with van der Waals surface area (Å²) in [6.45, 7) is 4.15. The predicted octanol–water partition coefficient (Wildman–Crippen LogP) is 3.63. The molecule has 4 rings (SSSR count). The minimum Gasteiger partial charge on any atom is -0.345 e. The fourth-order valence-corrected chi connectivity index (χ4v) is 3.87. The van der Waals surface area contributed by atoms with Gasteiger partial charge in [-0.15, -0.1) is 0 Å². The van der Waals surface area contributed by atoms with Gasteiger partial charge in [-0.05, 0) is 49.2 Å². The smallest absolute Gasteiger partial charge is 0.110 e. The largest absolute Gasteiger partial charge is 0.345 e. The van der Waals surface area contributed by atoms with Gasteiger partial charge < -0.3 is 10.3 Å². The minimum atomic E-state index is 0.562. The van der Waals surface area contributed by atoms with Gasteiger partial charge in [0.05, 0.1) is 11.6 Å². The standard InChI is InChI=1S/C24H27N5/c25-15-20-8-6-19(7-9-20)14-24-27-17-23(28-24)16-26-22-10-12-29(13-11-22)18-21-4-2-1-3-5-21/h1-9,17,22,26H,10-14,16,18H2,(H,27,28). The van der Waals surface area contributed by atoms with E-state index in [1.807, 2.05) is 30.5 Å². The number of nitriles is 1. The summed E-state index contributed by atoms with van der Waals surface area (Å²) in [6, 6.07) is 21.1. The van der Waals surface area contributed by atoms with Crippen LogP contribution in [0.15, 0.2) is 60.8 Å². The fraction of sp³-hybridized carbons (Fsp3) is 0.333. The zero-order valence-electron chi connectivity index (χ0n) is 16.6. The van der Waals surface area contributed by atoms with Gasteiger partial charge in [0.2, 0.25) is 0 Å². The molecule has 3 aromatic rings. The molecule has 0 amide bonds. The van der Waals surface area contributed by atoms with E-state index in [0.29, 0.717) is 11.6 Å². The molecule has 2 N–H and O–H groups in total. The molecule has 1 saturated heterocycles. The zero-order chi connectivity index (χ0) is 19.9. The van der Waals surface area contributed by atoms with E-state index in [2.05, 4.69) is 56.6 Å². The van der Waals surface area contributed by atoms with Crippen LogP contribution in [0.4, 0.5) is 0 Å². The fourth-order valence-electron chi connectivity index (χ4n) is 3.87. The number of imidazole rings is 1. The molecule has 1 fully saturated rings. The Kier molecular flexibility index (Phi) is 6.35. The number of benzene rings is 2. The number of hydrogen-bond acceptors (Lipinski definition) is 4. The second kappa shape index (κ2) is 9.51. The zero-order valence-corrected chi connectivity index (χ0v) is 16.6. The third-order valence-electron chi connectivity index (χ3n) is 5.55. The summed E-state index contributed by atoms with van der Waals surface area (Å²) in [6.07, 6.45) is 5.04. The Morgan fingerprint density at radius 1 is 1.03 bits per heavy atom. The molecule has 2 heterocycles. The highest BCUT2D eigenvalue weighted by molar-refractivity contribution is 5.32. The van der Waals surface area contributed by atoms with Gasteiger partial charge in [0.25, 0.3) is 0 Å². The highest BCUT2D eigenvalue weighted by Crippen LogP contribution is 2.15. The number of nitrogens with one attached hydrogen (secondary N) is 2. The maximum atomic E-state index is 8.89. The molecule has 0 spiro atoms. The molecule has 0 saturated carbocycles. The third kappa shape index (κ3) is 5.54. The highest BCUT2D eigenvalue weighted by atomic mass is 15.1. The molecule has 0 unspecified atom stereocenters. The van der Waals surface area contributed by atoms with Crippen LogP contribution in [0.25, 0.3) is 0 Å². The topological polar surface area (TPSA) is 67.7 Å². The number of hydrogen-bond donors (Lipinski definition) is 2. The van der Waals surface area contributed by atoms with Crippen LogP contribution in [0.3, 0.4) is 0 Å². The summed E-state index contributed by atoms with van der Waals surface area (Å²) >= 11 is 0. The molecular weight excluding hydrogens is 358 g/mol. The van der Waals surface area contributed by atoms with Gasteiger partial charge in [-0.2, -0.15) is 5.26 Å². The Bertz CT molecular complexity index is 931. The molecule has 0 bridgehead atoms. The first-order valence-corrected chi connectivity index (χ1v) is 10.3. The van der Waals surface area contributed by atoms with Crippen molar-refractivity contribution >= 4 is 0 Å². The van der Waals surface area contributed by atoms with E-state index in [9.17, 15) is 0 Å². The highest BCUT2D eigenvalue weighted by Gasteiger charge is 2.19. The summed E-state index contributed by atoms with van der Waals surface area (Å²) in [5.74, 6) is 0.962. The summed E-state index contributed by atoms with van der Waals surface area (Å²) in [4.78, 5) is 10.5. The number of aromatic amines is 1. The molecule has 1 aliphatic heterocycles. The molecule has 1 aromatic heterocycles. The van der Waals surface area contributed by atoms with Crippen molar-refractivity contribution in [2.24, 2.45) is 0 Å². The Hall–Kier alpha value is -2.94. The second-order valence-electron chi connectivity index (χ2n) is 7.76. The van der Waals surface area contributed by atoms with E-state index in [1.54, 1.807) is 0 Å². The van der Waals surface area contributed by atoms with Crippen LogP contribution in [0, 0.1) is 11.3 Å². The Labute approximate surface area is 172 Å². The van der Waals surface area contributed by atoms with Crippen molar-refractivity contribution in [3.05, 3.63) is 89.0 Å². The number of nitrogens with zero attached hydrogens (tertiary/aromatic N) is 3. The average Bonchev–Trinajstić information content (AvgIpc) is 3.22. The first kappa shape index (κ1) is 19.4. The SMILES string of the molecule is N#Cc1ccc(Cc2ncc(CNC3CCN(Cc4ccccc4)CC3)[nH]2)cc1. The summed E-state index contributed by atoms with van der Waals surface area (Å²) in [7, 11) is 0. The lowest BCUT2D eigenvalue weighted by Crippen LogP contribution is -2.41. The van der Waals surface area contributed by atoms with Crippen LogP contribution in [0.1, 0.15) is 41.1 Å². The molecule has 0 aliphatic carbocycles. The van der Waals surface area contributed by atoms with Gasteiger partial charge in [-0.25, -0.2) is 4.98 Å². The van der Waals surface area contributed by atoms with E-state index in [0.717, 1.165) is 49.7 Å². The number of H-pyrrole nitrogens is 1. The van der Waals surface area contributed by atoms with Gasteiger partial charge in [0.15, 0.2) is 0 Å². The second-order valence-corrected chi connectivity index (χ2v) is 7.76. The van der Waals surface area contributed by atoms with Crippen molar-refractivity contribution < 1.29 is 0 Å². The summed E-state index contributed by atoms with van der Waals surface area (Å²) < 4.78 is 0. The first-order valence-electron chi connectivity index (χ1n) is 10.3. The van der Waals surface area contributed by atoms with Crippen molar-refractivity contribution in [3.63, 3.8) is 0 Å². The molecule has 1 aliphatic rings. The van der Waals surface area contributed by atoms with E-state index in [1.165, 1.54) is 18.4 Å². The molecule has 148 valence electrons. The monoisotopic (exact) mass is 385 g/mol. The van der Waals surface area contributed by atoms with Crippen LogP contribution in [0.2, 0.25) is 0 Å². The van der Waals surface area contributed by atoms with Crippen molar-refractivity contribution in [2.75, 3.05) is 13.1 Å². The van der Waals surface area contributed by atoms with Crippen LogP contribution >= 0.6 is 0 Å². The molecule has 0 radical (unpaired) electrons. The normalized spacial score (nSPS) is 15.3. The lowest BCUT2D eigenvalue weighted by atomic mass is 10.0. The quantitative estimate of drug-likeness (QED) is 0.652. The van der Waals surface area contributed by atoms with Crippen LogP contribution < -0.4 is 5.32 Å². The van der Waals surface area contributed by atoms with E-state index in [4.69, 9.17) is 5.26 Å². The summed E-state index contributed by atoms with van der Waals surface area (Å²) in [5.41, 5.74) is 4.36. The lowest BCUT2D eigenvalue weighted by Gasteiger charge is -2.32. The number of piperidine rings is 1. The van der Waals surface area contributed by atoms with Crippen LogP contribution in [-0.2, 0) is 19.5 Å². The molecular formula is C24H27N5. The van der Waals surface area contributed by atoms with E-state index < -0.39 is 0 Å². The van der Waals surface area contributed by atoms with E-state index >= 15 is 0 Å². The lowest BCUT2D eigenvalue weighted by molar-refractivity contribution is 0.190. The number of aromatic nitrogens is 2. The van der Waals surface area contributed by atoms with Gasteiger partial charge in [0.1, 0.15) is 5.82 Å². The van der Waals surface area contributed by atoms with Gasteiger partial charge >= 0.3 is 0 Å². The number of rotatable bonds is 7. The minimum absolute atomic E-state index is 0.562. The van der Waals surface area contributed by atoms with Crippen molar-refractivity contribution in [2.45, 2.75) is 38.4 Å². The van der Waals surface area contributed by atoms with Crippen molar-refractivity contribution in [3.8, 4) is 6.07 Å². The molecule has 29 heavy (non-hydrogen) atoms. The van der Waals surface area contributed by atoms with Crippen LogP contribution in [0.5, 0.6) is 0 Å². The number of likely N-dealkylation sites (tertiary alicyclic amines) is 1. The van der Waals surface area contributed by atoms with E-state index in [-0.39, 0.29) is 0 Å². The maximum Gasteiger partial charge on any atom is 0.110 e. The third-order valence-corrected chi connectivity index (χ3v) is 5.55. The Morgan fingerprint density at radius 2 is 1.79 bits per heavy atom. The van der Waals surface area contributed by atoms with Crippen molar-refractivity contribution in [1.82, 2.24) is 20.2 Å². The van der Waals surface area contributed by atoms with Gasteiger partial charge in [-0.3, -0.25) is 4.90 Å². The predicted molar refractivity (Wildman–Crippen MR) is 114 cm³/mol. The Morgan fingerprint density at radius 3 is 2.52 bits per heavy atom. The molecule has 5 nitrogen and oxygen atoms in total. The molecule has 0 atom stereocenters.